The number of thioether (sulfide) groups is 1. The predicted octanol–water partition coefficient (Wildman–Crippen LogP) is 5.55. The molecule has 2 aliphatic carbocycles. The summed E-state index contributed by atoms with van der Waals surface area (Å²) in [6.45, 7) is 4.03. The van der Waals surface area contributed by atoms with E-state index >= 15 is 0 Å². The Hall–Kier alpha value is -2.39. The second-order valence-corrected chi connectivity index (χ2v) is 11.7. The van der Waals surface area contributed by atoms with Gasteiger partial charge in [-0.2, -0.15) is 0 Å². The highest BCUT2D eigenvalue weighted by molar-refractivity contribution is 7.99. The van der Waals surface area contributed by atoms with Crippen molar-refractivity contribution in [2.75, 3.05) is 18.1 Å². The second-order valence-electron chi connectivity index (χ2n) is 10.3. The van der Waals surface area contributed by atoms with Gasteiger partial charge in [0.25, 0.3) is 0 Å². The molecule has 3 aromatic heterocycles. The SMILES string of the molecule is CNc1ccc2ccc(SC[C@]34C[C@@H]3[C@@H](n3ccc5c(Cl)ncnc53)[C@@H]3OC(C)(C)O[C@@H]34)cc2n1. The summed E-state index contributed by atoms with van der Waals surface area (Å²) < 4.78 is 15.3. The molecular formula is C26H26ClN5O2S. The fraction of sp³-hybridized carbons (Fsp3) is 0.423. The highest BCUT2D eigenvalue weighted by atomic mass is 35.5. The minimum atomic E-state index is -0.606. The quantitative estimate of drug-likeness (QED) is 0.280. The van der Waals surface area contributed by atoms with Crippen LogP contribution in [0.2, 0.25) is 5.15 Å². The average molecular weight is 508 g/mol. The summed E-state index contributed by atoms with van der Waals surface area (Å²) in [4.78, 5) is 14.7. The second kappa shape index (κ2) is 7.56. The Bertz CT molecular complexity index is 1470. The molecule has 0 bridgehead atoms. The van der Waals surface area contributed by atoms with E-state index in [9.17, 15) is 0 Å². The Morgan fingerprint density at radius 3 is 2.89 bits per heavy atom. The van der Waals surface area contributed by atoms with E-state index in [0.717, 1.165) is 39.9 Å². The van der Waals surface area contributed by atoms with Gasteiger partial charge in [0, 0.05) is 34.7 Å². The molecular weight excluding hydrogens is 482 g/mol. The van der Waals surface area contributed by atoms with Gasteiger partial charge < -0.3 is 19.4 Å². The molecule has 1 aliphatic heterocycles. The molecule has 4 heterocycles. The van der Waals surface area contributed by atoms with E-state index in [1.165, 1.54) is 11.2 Å². The van der Waals surface area contributed by atoms with E-state index in [4.69, 9.17) is 26.1 Å². The first kappa shape index (κ1) is 21.9. The lowest BCUT2D eigenvalue weighted by Crippen LogP contribution is -2.32. The highest BCUT2D eigenvalue weighted by Gasteiger charge is 2.75. The first-order valence-corrected chi connectivity index (χ1v) is 13.3. The molecule has 7 nitrogen and oxygen atoms in total. The van der Waals surface area contributed by atoms with E-state index in [2.05, 4.69) is 50.3 Å². The van der Waals surface area contributed by atoms with Crippen molar-refractivity contribution >= 4 is 51.1 Å². The summed E-state index contributed by atoms with van der Waals surface area (Å²) >= 11 is 8.24. The lowest BCUT2D eigenvalue weighted by molar-refractivity contribution is -0.160. The van der Waals surface area contributed by atoms with Crippen molar-refractivity contribution in [2.45, 2.75) is 49.2 Å². The maximum Gasteiger partial charge on any atom is 0.163 e. The molecule has 5 atom stereocenters. The number of fused-ring (bicyclic) bond motifs is 5. The summed E-state index contributed by atoms with van der Waals surface area (Å²) in [5.74, 6) is 1.70. The van der Waals surface area contributed by atoms with Crippen molar-refractivity contribution in [1.29, 1.82) is 0 Å². The first-order chi connectivity index (χ1) is 16.9. The van der Waals surface area contributed by atoms with Crippen LogP contribution in [0.4, 0.5) is 5.82 Å². The van der Waals surface area contributed by atoms with E-state index in [1.807, 2.05) is 44.8 Å². The molecule has 3 fully saturated rings. The largest absolute Gasteiger partial charge is 0.373 e. The molecule has 1 N–H and O–H groups in total. The third-order valence-corrected chi connectivity index (χ3v) is 9.40. The number of nitrogens with zero attached hydrogens (tertiary/aromatic N) is 4. The van der Waals surface area contributed by atoms with Crippen LogP contribution in [-0.2, 0) is 9.47 Å². The predicted molar refractivity (Wildman–Crippen MR) is 138 cm³/mol. The van der Waals surface area contributed by atoms with Crippen LogP contribution >= 0.6 is 23.4 Å². The van der Waals surface area contributed by atoms with Crippen LogP contribution in [0.15, 0.2) is 53.8 Å². The van der Waals surface area contributed by atoms with Crippen molar-refractivity contribution < 1.29 is 9.47 Å². The van der Waals surface area contributed by atoms with Crippen LogP contribution in [0, 0.1) is 11.3 Å². The number of pyridine rings is 1. The van der Waals surface area contributed by atoms with Crippen molar-refractivity contribution in [3.63, 3.8) is 0 Å². The van der Waals surface area contributed by atoms with Gasteiger partial charge in [0.1, 0.15) is 29.0 Å². The number of aromatic nitrogens is 4. The normalized spacial score (nSPS) is 30.5. The van der Waals surface area contributed by atoms with E-state index in [1.54, 1.807) is 0 Å². The lowest BCUT2D eigenvalue weighted by atomic mass is 10.0. The zero-order valence-electron chi connectivity index (χ0n) is 19.7. The van der Waals surface area contributed by atoms with Crippen LogP contribution in [-0.4, -0.2) is 50.3 Å². The van der Waals surface area contributed by atoms with Gasteiger partial charge >= 0.3 is 0 Å². The van der Waals surface area contributed by atoms with Crippen LogP contribution in [0.5, 0.6) is 0 Å². The zero-order chi connectivity index (χ0) is 23.9. The Morgan fingerprint density at radius 1 is 1.17 bits per heavy atom. The summed E-state index contributed by atoms with van der Waals surface area (Å²) in [6, 6.07) is 12.8. The molecule has 4 aromatic rings. The minimum Gasteiger partial charge on any atom is -0.373 e. The monoisotopic (exact) mass is 507 g/mol. The van der Waals surface area contributed by atoms with E-state index < -0.39 is 5.79 Å². The highest BCUT2D eigenvalue weighted by Crippen LogP contribution is 2.72. The number of ether oxygens (including phenoxy) is 2. The van der Waals surface area contributed by atoms with Crippen LogP contribution in [0.1, 0.15) is 26.3 Å². The van der Waals surface area contributed by atoms with Gasteiger partial charge in [0.2, 0.25) is 0 Å². The molecule has 0 unspecified atom stereocenters. The fourth-order valence-corrected chi connectivity index (χ4v) is 7.66. The number of nitrogens with one attached hydrogen (secondary N) is 1. The number of benzene rings is 1. The Labute approximate surface area is 212 Å². The maximum atomic E-state index is 6.55. The summed E-state index contributed by atoms with van der Waals surface area (Å²) in [5, 5.41) is 5.63. The molecule has 7 rings (SSSR count). The molecule has 180 valence electrons. The van der Waals surface area contributed by atoms with Gasteiger partial charge in [-0.15, -0.1) is 11.8 Å². The number of anilines is 1. The third-order valence-electron chi connectivity index (χ3n) is 7.83. The van der Waals surface area contributed by atoms with Gasteiger partial charge in [-0.3, -0.25) is 0 Å². The zero-order valence-corrected chi connectivity index (χ0v) is 21.3. The molecule has 0 spiro atoms. The van der Waals surface area contributed by atoms with Gasteiger partial charge in [-0.25, -0.2) is 15.0 Å². The average Bonchev–Trinajstić information content (AvgIpc) is 3.10. The number of hydrogen-bond donors (Lipinski definition) is 1. The van der Waals surface area contributed by atoms with E-state index in [0.29, 0.717) is 11.1 Å². The molecule has 3 aliphatic rings. The van der Waals surface area contributed by atoms with Crippen molar-refractivity contribution in [1.82, 2.24) is 19.5 Å². The van der Waals surface area contributed by atoms with Gasteiger partial charge in [0.05, 0.1) is 23.0 Å². The smallest absolute Gasteiger partial charge is 0.163 e. The Morgan fingerprint density at radius 2 is 2.03 bits per heavy atom. The maximum absolute atomic E-state index is 6.55. The molecule has 0 radical (unpaired) electrons. The Kier molecular flexibility index (Phi) is 4.72. The number of halogens is 1. The molecule has 1 aromatic carbocycles. The molecule has 35 heavy (non-hydrogen) atoms. The summed E-state index contributed by atoms with van der Waals surface area (Å²) in [7, 11) is 1.89. The number of rotatable bonds is 5. The van der Waals surface area contributed by atoms with Gasteiger partial charge in [0.15, 0.2) is 5.79 Å². The van der Waals surface area contributed by atoms with E-state index in [-0.39, 0.29) is 23.7 Å². The minimum absolute atomic E-state index is 0.0230. The van der Waals surface area contributed by atoms with Gasteiger partial charge in [-0.1, -0.05) is 17.7 Å². The van der Waals surface area contributed by atoms with Crippen LogP contribution in [0.3, 0.4) is 0 Å². The lowest BCUT2D eigenvalue weighted by Gasteiger charge is -2.24. The summed E-state index contributed by atoms with van der Waals surface area (Å²) in [6.07, 6.45) is 4.75. The molecule has 9 heteroatoms. The van der Waals surface area contributed by atoms with Gasteiger partial charge in [-0.05, 0) is 56.5 Å². The van der Waals surface area contributed by atoms with Crippen molar-refractivity contribution in [3.8, 4) is 0 Å². The first-order valence-electron chi connectivity index (χ1n) is 11.9. The Balaban J connectivity index is 1.21. The van der Waals surface area contributed by atoms with Crippen molar-refractivity contribution in [3.05, 3.63) is 54.1 Å². The summed E-state index contributed by atoms with van der Waals surface area (Å²) in [5.41, 5.74) is 1.93. The molecule has 2 saturated carbocycles. The standard InChI is InChI=1S/C26H26ClN5O2S/c1-25(2)33-21-20(32-9-8-16-23(27)29-13-30-24(16)32)17-11-26(17,22(21)34-25)12-35-15-6-4-14-5-7-19(28-3)31-18(14)10-15/h4-10,13,17,20-22H,11-12H2,1-3H3,(H,28,31)/t17-,20-,21+,22+,26-/m1/s1. The van der Waals surface area contributed by atoms with Crippen LogP contribution < -0.4 is 5.32 Å². The van der Waals surface area contributed by atoms with Crippen molar-refractivity contribution in [2.24, 2.45) is 11.3 Å². The molecule has 0 amide bonds. The third kappa shape index (κ3) is 3.30. The fourth-order valence-electron chi connectivity index (χ4n) is 6.18. The van der Waals surface area contributed by atoms with Crippen LogP contribution in [0.25, 0.3) is 21.9 Å². The molecule has 1 saturated heterocycles. The topological polar surface area (TPSA) is 74.1 Å². The number of hydrogen-bond acceptors (Lipinski definition) is 7.